The van der Waals surface area contributed by atoms with Crippen molar-refractivity contribution in [2.45, 2.75) is 26.1 Å². The van der Waals surface area contributed by atoms with Gasteiger partial charge in [0.2, 0.25) is 16.2 Å². The normalized spacial score (nSPS) is 21.5. The van der Waals surface area contributed by atoms with Crippen LogP contribution in [0.1, 0.15) is 6.42 Å². The van der Waals surface area contributed by atoms with Crippen molar-refractivity contribution in [2.75, 3.05) is 13.1 Å². The minimum atomic E-state index is -1.57. The Kier molecular flexibility index (Phi) is 3.65. The van der Waals surface area contributed by atoms with Crippen LogP contribution in [0.15, 0.2) is 12.3 Å². The highest BCUT2D eigenvalue weighted by Gasteiger charge is 2.29. The summed E-state index contributed by atoms with van der Waals surface area (Å²) in [7, 11) is 3.64. The number of nitrogens with zero attached hydrogens (tertiary/aromatic N) is 1. The summed E-state index contributed by atoms with van der Waals surface area (Å²) < 4.78 is 5.82. The molecule has 1 saturated heterocycles. The van der Waals surface area contributed by atoms with E-state index in [2.05, 4.69) is 26.2 Å². The third kappa shape index (κ3) is 3.74. The molecule has 0 aromatic carbocycles. The van der Waals surface area contributed by atoms with Gasteiger partial charge >= 0.3 is 0 Å². The fourth-order valence-electron chi connectivity index (χ4n) is 1.70. The zero-order valence-electron chi connectivity index (χ0n) is 9.75. The summed E-state index contributed by atoms with van der Waals surface area (Å²) >= 11 is 0. The van der Waals surface area contributed by atoms with Crippen LogP contribution in [0.2, 0.25) is 19.6 Å². The average molecular weight is 223 g/mol. The van der Waals surface area contributed by atoms with E-state index in [1.165, 1.54) is 0 Å². The lowest BCUT2D eigenvalue weighted by Gasteiger charge is -2.24. The maximum atomic E-state index is 10.9. The molecule has 1 aliphatic rings. The van der Waals surface area contributed by atoms with Gasteiger partial charge in [-0.25, -0.2) is 0 Å². The molecule has 1 heterocycles. The maximum absolute atomic E-state index is 10.9. The predicted octanol–water partition coefficient (Wildman–Crippen LogP) is 1.96. The van der Waals surface area contributed by atoms with E-state index in [0.29, 0.717) is 13.1 Å². The Hall–Kier alpha value is -0.708. The minimum Gasteiger partial charge on any atom is -0.548 e. The van der Waals surface area contributed by atoms with Crippen molar-refractivity contribution in [3.63, 3.8) is 0 Å². The molecule has 1 aliphatic heterocycles. The van der Waals surface area contributed by atoms with Crippen molar-refractivity contribution in [3.8, 4) is 0 Å². The molecule has 0 spiro atoms. The van der Waals surface area contributed by atoms with E-state index in [4.69, 9.17) is 12.3 Å². The van der Waals surface area contributed by atoms with Gasteiger partial charge in [-0.1, -0.05) is 6.58 Å². The summed E-state index contributed by atoms with van der Waals surface area (Å²) in [5, 5.41) is 0. The molecule has 1 fully saturated rings. The Balaban J connectivity index is 2.47. The van der Waals surface area contributed by atoms with Crippen molar-refractivity contribution in [1.29, 1.82) is 0 Å². The third-order valence-electron chi connectivity index (χ3n) is 2.39. The van der Waals surface area contributed by atoms with Gasteiger partial charge in [0.15, 0.2) is 5.81 Å². The Morgan fingerprint density at radius 1 is 1.53 bits per heavy atom. The van der Waals surface area contributed by atoms with Gasteiger partial charge in [0, 0.05) is 19.0 Å². The summed E-state index contributed by atoms with van der Waals surface area (Å²) in [6.45, 7) is 11.7. The minimum absolute atomic E-state index is 0.254. The highest BCUT2D eigenvalue weighted by Crippen LogP contribution is 2.25. The van der Waals surface area contributed by atoms with Gasteiger partial charge in [0.25, 0.3) is 0 Å². The molecule has 0 bridgehead atoms. The first-order chi connectivity index (χ1) is 6.79. The average Bonchev–Trinajstić information content (AvgIpc) is 2.47. The highest BCUT2D eigenvalue weighted by molar-refractivity contribution is 6.70. The van der Waals surface area contributed by atoms with Crippen LogP contribution in [0, 0.1) is 5.92 Å². The monoisotopic (exact) mass is 223 g/mol. The van der Waals surface area contributed by atoms with Crippen molar-refractivity contribution in [2.24, 2.45) is 5.92 Å². The van der Waals surface area contributed by atoms with Crippen LogP contribution < -0.4 is 0 Å². The molecule has 0 saturated carbocycles. The van der Waals surface area contributed by atoms with Crippen LogP contribution in [0.25, 0.3) is 0 Å². The number of amides is 1. The van der Waals surface area contributed by atoms with E-state index >= 15 is 0 Å². The molecule has 0 aromatic heterocycles. The summed E-state index contributed by atoms with van der Waals surface area (Å²) in [5.41, 5.74) is 0. The molecule has 1 atom stereocenters. The van der Waals surface area contributed by atoms with Gasteiger partial charge in [-0.2, -0.15) is 0 Å². The number of carbonyl (C=O) groups excluding carboxylic acids is 1. The first-order valence-electron chi connectivity index (χ1n) is 5.22. The summed E-state index contributed by atoms with van der Waals surface area (Å²) in [6.07, 6.45) is 0.909. The lowest BCUT2D eigenvalue weighted by atomic mass is 10.1. The molecule has 1 unspecified atom stereocenters. The number of hydrogen-bond donors (Lipinski definition) is 0. The smallest absolute Gasteiger partial charge is 0.241 e. The number of hydrogen-bond acceptors (Lipinski definition) is 2. The Morgan fingerprint density at radius 3 is 2.53 bits per heavy atom. The van der Waals surface area contributed by atoms with Crippen LogP contribution in [-0.4, -0.2) is 40.0 Å². The number of carbonyl (C=O) groups is 1. The van der Waals surface area contributed by atoms with E-state index in [1.807, 2.05) is 0 Å². The molecule has 1 rings (SSSR count). The molecular weight excluding hydrogens is 205 g/mol. The van der Waals surface area contributed by atoms with Gasteiger partial charge in [-0.15, -0.1) is 0 Å². The van der Waals surface area contributed by atoms with E-state index in [0.717, 1.165) is 12.2 Å². The summed E-state index contributed by atoms with van der Waals surface area (Å²) in [5.74, 6) is 0.723. The van der Waals surface area contributed by atoms with Crippen LogP contribution in [0.3, 0.4) is 0 Å². The van der Waals surface area contributed by atoms with E-state index in [1.54, 1.807) is 4.90 Å². The van der Waals surface area contributed by atoms with Gasteiger partial charge in [-0.3, -0.25) is 4.79 Å². The van der Waals surface area contributed by atoms with Crippen molar-refractivity contribution in [3.05, 3.63) is 12.3 Å². The summed E-state index contributed by atoms with van der Waals surface area (Å²) in [4.78, 5) is 12.6. The van der Waals surface area contributed by atoms with Crippen LogP contribution >= 0.6 is 0 Å². The van der Waals surface area contributed by atoms with Gasteiger partial charge in [0.05, 0.1) is 5.76 Å². The summed E-state index contributed by atoms with van der Waals surface area (Å²) in [6, 6.07) is 0. The molecule has 0 N–H and O–H groups in total. The lowest BCUT2D eigenvalue weighted by Crippen LogP contribution is -2.30. The Labute approximate surface area is 94.0 Å². The molecular formula is C10H18BNO2Si. The van der Waals surface area contributed by atoms with Crippen molar-refractivity contribution in [1.82, 2.24) is 4.90 Å². The van der Waals surface area contributed by atoms with Gasteiger partial charge in [0.1, 0.15) is 0 Å². The van der Waals surface area contributed by atoms with E-state index < -0.39 is 8.32 Å². The van der Waals surface area contributed by atoms with Crippen molar-refractivity contribution < 1.29 is 9.22 Å². The molecule has 1 amide bonds. The first-order valence-corrected chi connectivity index (χ1v) is 8.62. The third-order valence-corrected chi connectivity index (χ3v) is 3.27. The van der Waals surface area contributed by atoms with Crippen molar-refractivity contribution >= 4 is 22.0 Å². The van der Waals surface area contributed by atoms with Gasteiger partial charge < -0.3 is 9.33 Å². The molecule has 0 aromatic rings. The maximum Gasteiger partial charge on any atom is 0.241 e. The molecule has 82 valence electrons. The largest absolute Gasteiger partial charge is 0.548 e. The number of likely N-dealkylation sites (tertiary alicyclic amines) is 1. The van der Waals surface area contributed by atoms with Crippen LogP contribution in [-0.2, 0) is 4.43 Å². The standard InChI is InChI=1S/C10H18BNO2Si/c1-8(14-15(2,3)4)9-5-6-12(7-9)10(11)13/h9H,1,5-7H2,2-4H3. The van der Waals surface area contributed by atoms with E-state index in [-0.39, 0.29) is 11.7 Å². The second kappa shape index (κ2) is 4.43. The topological polar surface area (TPSA) is 29.5 Å². The molecule has 3 nitrogen and oxygen atoms in total. The van der Waals surface area contributed by atoms with Crippen LogP contribution in [0.4, 0.5) is 4.79 Å². The van der Waals surface area contributed by atoms with Crippen LogP contribution in [0.5, 0.6) is 0 Å². The fourth-order valence-corrected chi connectivity index (χ4v) is 2.65. The highest BCUT2D eigenvalue weighted by atomic mass is 28.4. The molecule has 2 radical (unpaired) electrons. The lowest BCUT2D eigenvalue weighted by molar-refractivity contribution is 0.229. The zero-order valence-corrected chi connectivity index (χ0v) is 10.7. The second-order valence-electron chi connectivity index (χ2n) is 4.95. The molecule has 0 aliphatic carbocycles. The SMILES string of the molecule is [B]C(=O)N1CCC(C(=C)O[Si](C)(C)C)C1. The Morgan fingerprint density at radius 2 is 2.13 bits per heavy atom. The predicted molar refractivity (Wildman–Crippen MR) is 64.4 cm³/mol. The quantitative estimate of drug-likeness (QED) is 0.540. The van der Waals surface area contributed by atoms with Gasteiger partial charge in [-0.05, 0) is 26.1 Å². The first kappa shape index (κ1) is 12.4. The Bertz CT molecular complexity index is 275. The number of rotatable bonds is 3. The zero-order chi connectivity index (χ0) is 11.6. The second-order valence-corrected chi connectivity index (χ2v) is 9.38. The molecule has 15 heavy (non-hydrogen) atoms. The molecule has 5 heteroatoms. The fraction of sp³-hybridized carbons (Fsp3) is 0.700. The van der Waals surface area contributed by atoms with E-state index in [9.17, 15) is 4.79 Å².